The summed E-state index contributed by atoms with van der Waals surface area (Å²) in [5, 5.41) is 12.1. The molecular weight excluding hydrogens is 356 g/mol. The standard InChI is InChI=1S/C26H32N2O/c1-5-22(19-27-17-18-29)16-15-20(3)28-26(6-2)25-14-10-13-24(21(25)4)23-11-8-7-9-12-23/h5-16,27,29H,17-19H2,1-4H3/b16-15-,22-5+,26-6-,28-20+. The van der Waals surface area contributed by atoms with Crippen LogP contribution in [0.5, 0.6) is 0 Å². The lowest BCUT2D eigenvalue weighted by Gasteiger charge is -2.12. The summed E-state index contributed by atoms with van der Waals surface area (Å²) in [5.74, 6) is 0. The molecule has 152 valence electrons. The number of hydrogen-bond acceptors (Lipinski definition) is 3. The molecule has 0 aliphatic rings. The van der Waals surface area contributed by atoms with Crippen LogP contribution in [-0.2, 0) is 0 Å². The van der Waals surface area contributed by atoms with E-state index in [0.29, 0.717) is 6.54 Å². The first-order chi connectivity index (χ1) is 14.1. The Hall–Kier alpha value is -2.75. The van der Waals surface area contributed by atoms with Crippen LogP contribution >= 0.6 is 0 Å². The van der Waals surface area contributed by atoms with E-state index in [2.05, 4.69) is 72.9 Å². The van der Waals surface area contributed by atoms with Gasteiger partial charge in [0.1, 0.15) is 0 Å². The number of aliphatic imine (C=N–C) groups is 1. The molecule has 0 aliphatic heterocycles. The molecule has 0 saturated heterocycles. The number of rotatable bonds is 9. The van der Waals surface area contributed by atoms with Crippen LogP contribution in [0.15, 0.2) is 83.4 Å². The highest BCUT2D eigenvalue weighted by molar-refractivity contribution is 5.97. The van der Waals surface area contributed by atoms with E-state index in [0.717, 1.165) is 29.1 Å². The maximum Gasteiger partial charge on any atom is 0.0665 e. The minimum Gasteiger partial charge on any atom is -0.395 e. The third-order valence-electron chi connectivity index (χ3n) is 4.79. The molecule has 3 nitrogen and oxygen atoms in total. The van der Waals surface area contributed by atoms with Gasteiger partial charge in [-0.1, -0.05) is 66.8 Å². The topological polar surface area (TPSA) is 44.6 Å². The van der Waals surface area contributed by atoms with Crippen LogP contribution in [0.2, 0.25) is 0 Å². The highest BCUT2D eigenvalue weighted by Crippen LogP contribution is 2.29. The smallest absolute Gasteiger partial charge is 0.0665 e. The Morgan fingerprint density at radius 2 is 1.76 bits per heavy atom. The van der Waals surface area contributed by atoms with Crippen LogP contribution in [0.1, 0.15) is 31.9 Å². The van der Waals surface area contributed by atoms with E-state index in [9.17, 15) is 0 Å². The van der Waals surface area contributed by atoms with Crippen LogP contribution < -0.4 is 5.32 Å². The van der Waals surface area contributed by atoms with Crippen molar-refractivity contribution in [1.82, 2.24) is 5.32 Å². The molecule has 0 bridgehead atoms. The summed E-state index contributed by atoms with van der Waals surface area (Å²) in [7, 11) is 0. The molecule has 0 saturated carbocycles. The molecule has 2 aromatic rings. The zero-order valence-electron chi connectivity index (χ0n) is 17.9. The van der Waals surface area contributed by atoms with Crippen LogP contribution in [0.4, 0.5) is 0 Å². The molecule has 0 heterocycles. The van der Waals surface area contributed by atoms with Gasteiger partial charge < -0.3 is 10.4 Å². The van der Waals surface area contributed by atoms with Gasteiger partial charge in [-0.25, -0.2) is 0 Å². The molecule has 0 unspecified atom stereocenters. The zero-order chi connectivity index (χ0) is 21.1. The van der Waals surface area contributed by atoms with Crippen molar-refractivity contribution in [2.75, 3.05) is 19.7 Å². The van der Waals surface area contributed by atoms with Crippen LogP contribution in [0, 0.1) is 6.92 Å². The highest BCUT2D eigenvalue weighted by atomic mass is 16.3. The fourth-order valence-electron chi connectivity index (χ4n) is 3.15. The number of aliphatic hydroxyl groups is 1. The van der Waals surface area contributed by atoms with E-state index < -0.39 is 0 Å². The summed E-state index contributed by atoms with van der Waals surface area (Å²) in [6.45, 7) is 9.70. The second-order valence-electron chi connectivity index (χ2n) is 6.87. The maximum atomic E-state index is 8.89. The third-order valence-corrected chi connectivity index (χ3v) is 4.79. The normalized spacial score (nSPS) is 13.3. The molecule has 2 N–H and O–H groups in total. The molecule has 2 rings (SSSR count). The Kier molecular flexibility index (Phi) is 9.29. The fourth-order valence-corrected chi connectivity index (χ4v) is 3.15. The monoisotopic (exact) mass is 388 g/mol. The van der Waals surface area contributed by atoms with E-state index in [1.807, 2.05) is 32.9 Å². The number of benzene rings is 2. The largest absolute Gasteiger partial charge is 0.395 e. The summed E-state index contributed by atoms with van der Waals surface area (Å²) in [6.07, 6.45) is 8.24. The molecular formula is C26H32N2O. The first-order valence-electron chi connectivity index (χ1n) is 10.1. The molecule has 0 aliphatic carbocycles. The Bertz CT molecular complexity index is 906. The van der Waals surface area contributed by atoms with Gasteiger partial charge in [0, 0.05) is 24.4 Å². The lowest BCUT2D eigenvalue weighted by atomic mass is 9.95. The van der Waals surface area contributed by atoms with Crippen molar-refractivity contribution in [3.8, 4) is 11.1 Å². The molecule has 0 fully saturated rings. The third kappa shape index (κ3) is 6.67. The average Bonchev–Trinajstić information content (AvgIpc) is 2.75. The van der Waals surface area contributed by atoms with Gasteiger partial charge in [0.2, 0.25) is 0 Å². The van der Waals surface area contributed by atoms with Crippen molar-refractivity contribution in [2.45, 2.75) is 27.7 Å². The summed E-state index contributed by atoms with van der Waals surface area (Å²) >= 11 is 0. The average molecular weight is 389 g/mol. The summed E-state index contributed by atoms with van der Waals surface area (Å²) in [5.41, 5.74) is 7.92. The number of nitrogens with zero attached hydrogens (tertiary/aromatic N) is 1. The quantitative estimate of drug-likeness (QED) is 0.335. The Morgan fingerprint density at radius 3 is 2.41 bits per heavy atom. The summed E-state index contributed by atoms with van der Waals surface area (Å²) in [6, 6.07) is 16.9. The number of allylic oxidation sites excluding steroid dienone is 3. The molecule has 2 aromatic carbocycles. The highest BCUT2D eigenvalue weighted by Gasteiger charge is 2.09. The van der Waals surface area contributed by atoms with Gasteiger partial charge in [0.05, 0.1) is 12.3 Å². The molecule has 0 spiro atoms. The summed E-state index contributed by atoms with van der Waals surface area (Å²) in [4.78, 5) is 4.87. The lowest BCUT2D eigenvalue weighted by molar-refractivity contribution is 0.294. The van der Waals surface area contributed by atoms with Gasteiger partial charge >= 0.3 is 0 Å². The number of nitrogens with one attached hydrogen (secondary N) is 1. The molecule has 0 amide bonds. The van der Waals surface area contributed by atoms with Crippen molar-refractivity contribution in [3.63, 3.8) is 0 Å². The molecule has 0 radical (unpaired) electrons. The Balaban J connectivity index is 2.24. The zero-order valence-corrected chi connectivity index (χ0v) is 17.9. The Labute approximate surface area is 175 Å². The van der Waals surface area contributed by atoms with E-state index >= 15 is 0 Å². The van der Waals surface area contributed by atoms with E-state index in [1.54, 1.807) is 0 Å². The maximum absolute atomic E-state index is 8.89. The van der Waals surface area contributed by atoms with Gasteiger partial charge in [-0.15, -0.1) is 0 Å². The minimum atomic E-state index is 0.146. The summed E-state index contributed by atoms with van der Waals surface area (Å²) < 4.78 is 0. The predicted molar refractivity (Wildman–Crippen MR) is 126 cm³/mol. The minimum absolute atomic E-state index is 0.146. The van der Waals surface area contributed by atoms with Gasteiger partial charge in [0.15, 0.2) is 0 Å². The lowest BCUT2D eigenvalue weighted by Crippen LogP contribution is -2.20. The van der Waals surface area contributed by atoms with Gasteiger partial charge in [-0.3, -0.25) is 4.99 Å². The van der Waals surface area contributed by atoms with Crippen molar-refractivity contribution in [3.05, 3.63) is 89.5 Å². The second-order valence-corrected chi connectivity index (χ2v) is 6.87. The molecule has 3 heteroatoms. The van der Waals surface area contributed by atoms with Crippen molar-refractivity contribution in [1.29, 1.82) is 0 Å². The van der Waals surface area contributed by atoms with Crippen LogP contribution in [0.25, 0.3) is 16.8 Å². The fraction of sp³-hybridized carbons (Fsp3) is 0.269. The van der Waals surface area contributed by atoms with E-state index in [1.165, 1.54) is 16.7 Å². The molecule has 0 aromatic heterocycles. The van der Waals surface area contributed by atoms with Gasteiger partial charge in [-0.2, -0.15) is 0 Å². The van der Waals surface area contributed by atoms with Crippen molar-refractivity contribution in [2.24, 2.45) is 4.99 Å². The van der Waals surface area contributed by atoms with Crippen molar-refractivity contribution >= 4 is 11.4 Å². The van der Waals surface area contributed by atoms with E-state index in [-0.39, 0.29) is 6.61 Å². The molecule has 29 heavy (non-hydrogen) atoms. The van der Waals surface area contributed by atoms with Crippen LogP contribution in [0.3, 0.4) is 0 Å². The first kappa shape index (κ1) is 22.5. The Morgan fingerprint density at radius 1 is 1.00 bits per heavy atom. The van der Waals surface area contributed by atoms with Crippen LogP contribution in [-0.4, -0.2) is 30.5 Å². The SMILES string of the molecule is C\C=C(/N=C(C)/C=C\C(=C/C)CNCCO)c1cccc(-c2ccccc2)c1C. The number of hydrogen-bond donors (Lipinski definition) is 2. The van der Waals surface area contributed by atoms with E-state index in [4.69, 9.17) is 10.1 Å². The molecule has 0 atom stereocenters. The second kappa shape index (κ2) is 11.9. The van der Waals surface area contributed by atoms with Gasteiger partial charge in [0.25, 0.3) is 0 Å². The predicted octanol–water partition coefficient (Wildman–Crippen LogP) is 5.57. The number of aliphatic hydroxyl groups excluding tert-OH is 1. The van der Waals surface area contributed by atoms with Gasteiger partial charge in [-0.05, 0) is 56.0 Å². The van der Waals surface area contributed by atoms with Crippen molar-refractivity contribution < 1.29 is 5.11 Å². The first-order valence-corrected chi connectivity index (χ1v) is 10.1.